The number of hydrogen-bond donors (Lipinski definition) is 0. The lowest BCUT2D eigenvalue weighted by atomic mass is 9.94. The Morgan fingerprint density at radius 1 is 0.621 bits per heavy atom. The van der Waals surface area contributed by atoms with Crippen LogP contribution < -0.4 is 0 Å². The normalized spacial score (nSPS) is 11.3. The second kappa shape index (κ2) is 24.2. The van der Waals surface area contributed by atoms with Gasteiger partial charge in [0.15, 0.2) is 0 Å². The molecule has 0 atom stereocenters. The monoisotopic (exact) mass is 474 g/mol. The third-order valence-corrected chi connectivity index (χ3v) is 6.48. The van der Waals surface area contributed by atoms with Gasteiger partial charge >= 0.3 is 5.97 Å². The van der Waals surface area contributed by atoms with E-state index in [1.165, 1.54) is 109 Å². The number of alkyl halides is 1. The highest BCUT2D eigenvalue weighted by Crippen LogP contribution is 2.21. The molecule has 0 aliphatic rings. The number of carbonyl (C=O) groups is 1. The molecular weight excluding hydrogens is 424 g/mol. The van der Waals surface area contributed by atoms with Crippen molar-refractivity contribution in [3.05, 3.63) is 0 Å². The number of hydrogen-bond acceptors (Lipinski definition) is 2. The minimum atomic E-state index is 0.0893. The molecule has 0 spiro atoms. The van der Waals surface area contributed by atoms with Gasteiger partial charge in [0.05, 0.1) is 12.5 Å². The van der Waals surface area contributed by atoms with Crippen LogP contribution in [0.15, 0.2) is 0 Å². The lowest BCUT2D eigenvalue weighted by Gasteiger charge is -2.16. The van der Waals surface area contributed by atoms with E-state index in [0.717, 1.165) is 24.6 Å². The Balaban J connectivity index is 4.00. The van der Waals surface area contributed by atoms with E-state index in [1.807, 2.05) is 0 Å². The highest BCUT2D eigenvalue weighted by atomic mass is 79.9. The van der Waals surface area contributed by atoms with Crippen LogP contribution in [-0.2, 0) is 9.53 Å². The summed E-state index contributed by atoms with van der Waals surface area (Å²) in [5.41, 5.74) is 0. The van der Waals surface area contributed by atoms with Crippen LogP contribution in [0.3, 0.4) is 0 Å². The number of halogens is 1. The van der Waals surface area contributed by atoms with Crippen molar-refractivity contribution in [1.82, 2.24) is 0 Å². The molecule has 0 aromatic carbocycles. The molecule has 29 heavy (non-hydrogen) atoms. The molecule has 0 heterocycles. The van der Waals surface area contributed by atoms with Crippen molar-refractivity contribution in [2.45, 2.75) is 142 Å². The molecule has 3 heteroatoms. The molecule has 0 aromatic heterocycles. The Labute approximate surface area is 191 Å². The molecule has 0 rings (SSSR count). The van der Waals surface area contributed by atoms with Crippen molar-refractivity contribution in [2.75, 3.05) is 11.9 Å². The van der Waals surface area contributed by atoms with E-state index in [-0.39, 0.29) is 11.9 Å². The standard InChI is InChI=1S/C26H51BrO2/c1-3-5-7-9-13-17-21-25(22-18-14-10-8-6-4-2)26(28)29-24-20-16-12-11-15-19-23-27/h25H,3-24H2,1-2H3. The van der Waals surface area contributed by atoms with Gasteiger partial charge in [-0.2, -0.15) is 0 Å². The quantitative estimate of drug-likeness (QED) is 0.0836. The van der Waals surface area contributed by atoms with Gasteiger partial charge in [-0.1, -0.05) is 133 Å². The highest BCUT2D eigenvalue weighted by molar-refractivity contribution is 9.09. The smallest absolute Gasteiger partial charge is 0.308 e. The summed E-state index contributed by atoms with van der Waals surface area (Å²) in [5.74, 6) is 0.234. The molecule has 0 saturated carbocycles. The van der Waals surface area contributed by atoms with Crippen molar-refractivity contribution in [1.29, 1.82) is 0 Å². The predicted octanol–water partition coefficient (Wildman–Crippen LogP) is 9.38. The zero-order valence-electron chi connectivity index (χ0n) is 19.8. The summed E-state index contributed by atoms with van der Waals surface area (Å²) < 4.78 is 5.68. The maximum atomic E-state index is 12.6. The first-order valence-electron chi connectivity index (χ1n) is 13.0. The number of carbonyl (C=O) groups excluding carboxylic acids is 1. The maximum absolute atomic E-state index is 12.6. The molecule has 2 nitrogen and oxygen atoms in total. The van der Waals surface area contributed by atoms with E-state index in [2.05, 4.69) is 29.8 Å². The summed E-state index contributed by atoms with van der Waals surface area (Å²) in [7, 11) is 0. The fourth-order valence-corrected chi connectivity index (χ4v) is 4.31. The molecule has 0 bridgehead atoms. The molecule has 0 aliphatic carbocycles. The summed E-state index contributed by atoms with van der Waals surface area (Å²) in [5, 5.41) is 1.11. The van der Waals surface area contributed by atoms with Crippen LogP contribution in [0, 0.1) is 5.92 Å². The Hall–Kier alpha value is -0.0500. The van der Waals surface area contributed by atoms with Gasteiger partial charge in [-0.3, -0.25) is 4.79 Å². The Morgan fingerprint density at radius 2 is 1.03 bits per heavy atom. The van der Waals surface area contributed by atoms with E-state index in [4.69, 9.17) is 4.74 Å². The maximum Gasteiger partial charge on any atom is 0.308 e. The summed E-state index contributed by atoms with van der Waals surface area (Å²) in [6, 6.07) is 0. The SMILES string of the molecule is CCCCCCCCC(CCCCCCCC)C(=O)OCCCCCCCCBr. The number of rotatable bonds is 23. The van der Waals surface area contributed by atoms with Crippen molar-refractivity contribution in [2.24, 2.45) is 5.92 Å². The van der Waals surface area contributed by atoms with Gasteiger partial charge in [-0.25, -0.2) is 0 Å². The minimum Gasteiger partial charge on any atom is -0.465 e. The van der Waals surface area contributed by atoms with Crippen LogP contribution in [0.4, 0.5) is 0 Å². The molecule has 0 aliphatic heterocycles. The molecule has 0 aromatic rings. The largest absolute Gasteiger partial charge is 0.465 e. The van der Waals surface area contributed by atoms with Crippen LogP contribution in [0.2, 0.25) is 0 Å². The Bertz CT molecular complexity index is 317. The second-order valence-electron chi connectivity index (χ2n) is 8.79. The second-order valence-corrected chi connectivity index (χ2v) is 9.58. The summed E-state index contributed by atoms with van der Waals surface area (Å²) in [4.78, 5) is 12.6. The lowest BCUT2D eigenvalue weighted by molar-refractivity contribution is -0.149. The zero-order valence-corrected chi connectivity index (χ0v) is 21.4. The third kappa shape index (κ3) is 21.0. The van der Waals surface area contributed by atoms with Crippen LogP contribution >= 0.6 is 15.9 Å². The van der Waals surface area contributed by atoms with Crippen molar-refractivity contribution >= 4 is 21.9 Å². The van der Waals surface area contributed by atoms with Gasteiger partial charge in [0, 0.05) is 5.33 Å². The highest BCUT2D eigenvalue weighted by Gasteiger charge is 2.19. The summed E-state index contributed by atoms with van der Waals surface area (Å²) in [6.45, 7) is 5.15. The molecule has 0 N–H and O–H groups in total. The number of unbranched alkanes of at least 4 members (excludes halogenated alkanes) is 15. The Kier molecular flexibility index (Phi) is 24.2. The topological polar surface area (TPSA) is 26.3 Å². The van der Waals surface area contributed by atoms with Gasteiger partial charge in [0.1, 0.15) is 0 Å². The first kappa shape index (κ1) is 28.9. The van der Waals surface area contributed by atoms with E-state index >= 15 is 0 Å². The fourth-order valence-electron chi connectivity index (χ4n) is 3.92. The van der Waals surface area contributed by atoms with Crippen LogP contribution in [-0.4, -0.2) is 17.9 Å². The van der Waals surface area contributed by atoms with Gasteiger partial charge in [-0.05, 0) is 25.7 Å². The van der Waals surface area contributed by atoms with Gasteiger partial charge in [-0.15, -0.1) is 0 Å². The van der Waals surface area contributed by atoms with Crippen molar-refractivity contribution in [3.63, 3.8) is 0 Å². The molecule has 0 radical (unpaired) electrons. The van der Waals surface area contributed by atoms with Crippen LogP contribution in [0.1, 0.15) is 142 Å². The average molecular weight is 476 g/mol. The van der Waals surface area contributed by atoms with E-state index in [0.29, 0.717) is 6.61 Å². The first-order chi connectivity index (χ1) is 14.3. The van der Waals surface area contributed by atoms with Crippen molar-refractivity contribution in [3.8, 4) is 0 Å². The van der Waals surface area contributed by atoms with Crippen LogP contribution in [0.25, 0.3) is 0 Å². The predicted molar refractivity (Wildman–Crippen MR) is 132 cm³/mol. The number of ether oxygens (including phenoxy) is 1. The van der Waals surface area contributed by atoms with E-state index < -0.39 is 0 Å². The average Bonchev–Trinajstić information content (AvgIpc) is 2.73. The molecule has 0 fully saturated rings. The molecule has 174 valence electrons. The lowest BCUT2D eigenvalue weighted by Crippen LogP contribution is -2.18. The van der Waals surface area contributed by atoms with Crippen LogP contribution in [0.5, 0.6) is 0 Å². The first-order valence-corrected chi connectivity index (χ1v) is 14.1. The fraction of sp³-hybridized carbons (Fsp3) is 0.962. The zero-order chi connectivity index (χ0) is 21.4. The van der Waals surface area contributed by atoms with E-state index in [1.54, 1.807) is 0 Å². The Morgan fingerprint density at radius 3 is 1.52 bits per heavy atom. The molecule has 0 saturated heterocycles. The van der Waals surface area contributed by atoms with Gasteiger partial charge in [0.2, 0.25) is 0 Å². The number of esters is 1. The van der Waals surface area contributed by atoms with Gasteiger partial charge < -0.3 is 4.74 Å². The minimum absolute atomic E-state index is 0.0893. The summed E-state index contributed by atoms with van der Waals surface area (Å²) in [6.07, 6.45) is 25.0. The van der Waals surface area contributed by atoms with Gasteiger partial charge in [0.25, 0.3) is 0 Å². The molecule has 0 amide bonds. The molecular formula is C26H51BrO2. The molecule has 0 unspecified atom stereocenters. The van der Waals surface area contributed by atoms with Crippen molar-refractivity contribution < 1.29 is 9.53 Å². The summed E-state index contributed by atoms with van der Waals surface area (Å²) >= 11 is 3.48. The third-order valence-electron chi connectivity index (χ3n) is 5.92. The van der Waals surface area contributed by atoms with E-state index in [9.17, 15) is 4.79 Å².